The van der Waals surface area contributed by atoms with E-state index in [1.807, 2.05) is 0 Å². The van der Waals surface area contributed by atoms with E-state index in [2.05, 4.69) is 87.0 Å². The van der Waals surface area contributed by atoms with Gasteiger partial charge in [0.15, 0.2) is 0 Å². The van der Waals surface area contributed by atoms with E-state index in [0.29, 0.717) is 12.6 Å². The standard InChI is InChI=1S/C26H33N7O/c1-19(2)20-7-9-21(10-8-20)24-29-25-27-17-31(12-11-30-13-15-34-16-14-30)18-32(25)26-28-22-5-3-4-6-23(22)33(24)26/h3-10,19,24H,11-18H2,1-2H3,(H,27,29). The van der Waals surface area contributed by atoms with Crippen LogP contribution in [0.15, 0.2) is 53.5 Å². The van der Waals surface area contributed by atoms with Gasteiger partial charge in [-0.3, -0.25) is 19.3 Å². The fourth-order valence-electron chi connectivity index (χ4n) is 5.05. The molecule has 1 aromatic heterocycles. The van der Waals surface area contributed by atoms with Crippen molar-refractivity contribution in [2.45, 2.75) is 25.9 Å². The Morgan fingerprint density at radius 1 is 1.00 bits per heavy atom. The van der Waals surface area contributed by atoms with Crippen molar-refractivity contribution >= 4 is 22.9 Å². The molecule has 34 heavy (non-hydrogen) atoms. The summed E-state index contributed by atoms with van der Waals surface area (Å²) in [5.41, 5.74) is 4.70. The zero-order valence-corrected chi connectivity index (χ0v) is 20.0. The van der Waals surface area contributed by atoms with Crippen LogP contribution in [0.3, 0.4) is 0 Å². The van der Waals surface area contributed by atoms with E-state index in [1.165, 1.54) is 11.1 Å². The van der Waals surface area contributed by atoms with Crippen LogP contribution in [-0.4, -0.2) is 78.0 Å². The summed E-state index contributed by atoms with van der Waals surface area (Å²) in [6.07, 6.45) is -0.0430. The number of aliphatic imine (C=N–C) groups is 1. The Kier molecular flexibility index (Phi) is 5.72. The topological polar surface area (TPSA) is 61.2 Å². The van der Waals surface area contributed by atoms with E-state index >= 15 is 0 Å². The zero-order chi connectivity index (χ0) is 23.1. The molecule has 0 amide bonds. The van der Waals surface area contributed by atoms with Crippen molar-refractivity contribution in [1.29, 1.82) is 0 Å². The van der Waals surface area contributed by atoms with Gasteiger partial charge in [-0.15, -0.1) is 0 Å². The van der Waals surface area contributed by atoms with Crippen molar-refractivity contribution in [3.05, 3.63) is 59.7 Å². The van der Waals surface area contributed by atoms with Crippen molar-refractivity contribution in [2.24, 2.45) is 4.99 Å². The molecule has 4 heterocycles. The van der Waals surface area contributed by atoms with Crippen molar-refractivity contribution in [1.82, 2.24) is 24.7 Å². The Morgan fingerprint density at radius 3 is 2.56 bits per heavy atom. The minimum Gasteiger partial charge on any atom is -0.379 e. The van der Waals surface area contributed by atoms with Crippen LogP contribution < -0.4 is 10.2 Å². The Bertz CT molecular complexity index is 1180. The van der Waals surface area contributed by atoms with Gasteiger partial charge in [-0.25, -0.2) is 9.98 Å². The summed E-state index contributed by atoms with van der Waals surface area (Å²) < 4.78 is 7.81. The number of imidazole rings is 1. The van der Waals surface area contributed by atoms with Crippen LogP contribution >= 0.6 is 0 Å². The summed E-state index contributed by atoms with van der Waals surface area (Å²) in [7, 11) is 0. The lowest BCUT2D eigenvalue weighted by atomic mass is 10.0. The van der Waals surface area contributed by atoms with Gasteiger partial charge in [0, 0.05) is 26.2 Å². The molecule has 8 nitrogen and oxygen atoms in total. The minimum atomic E-state index is -0.0430. The summed E-state index contributed by atoms with van der Waals surface area (Å²) in [6, 6.07) is 17.3. The highest BCUT2D eigenvalue weighted by molar-refractivity contribution is 5.98. The third-order valence-corrected chi connectivity index (χ3v) is 7.12. The van der Waals surface area contributed by atoms with E-state index in [4.69, 9.17) is 14.7 Å². The SMILES string of the molecule is CC(C)c1ccc(C2NC3=NCN(CCN4CCOCC4)CN3c3nc4ccccc4n32)cc1. The van der Waals surface area contributed by atoms with Gasteiger partial charge in [0.1, 0.15) is 6.17 Å². The molecule has 0 spiro atoms. The first-order valence-electron chi connectivity index (χ1n) is 12.4. The number of hydrogen-bond acceptors (Lipinski definition) is 7. The van der Waals surface area contributed by atoms with Gasteiger partial charge >= 0.3 is 0 Å². The average Bonchev–Trinajstić information content (AvgIpc) is 3.28. The van der Waals surface area contributed by atoms with Crippen molar-refractivity contribution in [3.63, 3.8) is 0 Å². The third kappa shape index (κ3) is 3.96. The number of fused-ring (bicyclic) bond motifs is 5. The molecule has 0 bridgehead atoms. The lowest BCUT2D eigenvalue weighted by Gasteiger charge is -2.42. The van der Waals surface area contributed by atoms with Crippen molar-refractivity contribution < 1.29 is 4.74 Å². The Balaban J connectivity index is 1.31. The number of anilines is 1. The smallest absolute Gasteiger partial charge is 0.216 e. The van der Waals surface area contributed by atoms with E-state index in [-0.39, 0.29) is 6.17 Å². The summed E-state index contributed by atoms with van der Waals surface area (Å²) in [6.45, 7) is 11.7. The molecule has 3 aromatic rings. The van der Waals surface area contributed by atoms with Gasteiger partial charge < -0.3 is 10.1 Å². The third-order valence-electron chi connectivity index (χ3n) is 7.12. The molecule has 178 valence electrons. The molecule has 3 aliphatic rings. The predicted octanol–water partition coefficient (Wildman–Crippen LogP) is 3.04. The molecule has 1 N–H and O–H groups in total. The quantitative estimate of drug-likeness (QED) is 0.633. The largest absolute Gasteiger partial charge is 0.379 e. The monoisotopic (exact) mass is 459 g/mol. The summed E-state index contributed by atoms with van der Waals surface area (Å²) in [5.74, 6) is 2.37. The van der Waals surface area contributed by atoms with Gasteiger partial charge in [-0.2, -0.15) is 0 Å². The van der Waals surface area contributed by atoms with Crippen LogP contribution in [0.25, 0.3) is 11.0 Å². The van der Waals surface area contributed by atoms with Gasteiger partial charge in [0.05, 0.1) is 37.6 Å². The van der Waals surface area contributed by atoms with Gasteiger partial charge in [-0.05, 0) is 29.2 Å². The molecule has 0 radical (unpaired) electrons. The first-order chi connectivity index (χ1) is 16.7. The second-order valence-corrected chi connectivity index (χ2v) is 9.68. The molecule has 0 aliphatic carbocycles. The normalized spacial score (nSPS) is 21.3. The van der Waals surface area contributed by atoms with Gasteiger partial charge in [0.25, 0.3) is 0 Å². The van der Waals surface area contributed by atoms with Crippen LogP contribution in [0.5, 0.6) is 0 Å². The molecule has 8 heteroatoms. The van der Waals surface area contributed by atoms with E-state index in [9.17, 15) is 0 Å². The summed E-state index contributed by atoms with van der Waals surface area (Å²) >= 11 is 0. The van der Waals surface area contributed by atoms with E-state index in [0.717, 1.165) is 69.0 Å². The minimum absolute atomic E-state index is 0.0430. The fraction of sp³-hybridized carbons (Fsp3) is 0.462. The number of benzene rings is 2. The Morgan fingerprint density at radius 2 is 1.76 bits per heavy atom. The second-order valence-electron chi connectivity index (χ2n) is 9.68. The molecule has 1 saturated heterocycles. The molecule has 1 atom stereocenters. The number of hydrogen-bond donors (Lipinski definition) is 1. The zero-order valence-electron chi connectivity index (χ0n) is 20.0. The van der Waals surface area contributed by atoms with Gasteiger partial charge in [0.2, 0.25) is 11.9 Å². The van der Waals surface area contributed by atoms with Crippen LogP contribution in [0.4, 0.5) is 5.95 Å². The molecular weight excluding hydrogens is 426 g/mol. The Labute approximate surface area is 200 Å². The van der Waals surface area contributed by atoms with Crippen LogP contribution in [0.2, 0.25) is 0 Å². The van der Waals surface area contributed by atoms with Crippen LogP contribution in [0.1, 0.15) is 37.1 Å². The lowest BCUT2D eigenvalue weighted by molar-refractivity contribution is 0.0334. The first kappa shape index (κ1) is 21.6. The molecular formula is C26H33N7O. The molecule has 1 unspecified atom stereocenters. The maximum atomic E-state index is 5.49. The number of para-hydroxylation sites is 2. The number of nitrogens with one attached hydrogen (secondary N) is 1. The fourth-order valence-corrected chi connectivity index (χ4v) is 5.05. The maximum absolute atomic E-state index is 5.49. The van der Waals surface area contributed by atoms with Crippen molar-refractivity contribution in [2.75, 3.05) is 57.6 Å². The highest BCUT2D eigenvalue weighted by atomic mass is 16.5. The molecule has 2 aromatic carbocycles. The number of morpholine rings is 1. The van der Waals surface area contributed by atoms with Gasteiger partial charge in [-0.1, -0.05) is 50.2 Å². The molecule has 0 saturated carbocycles. The van der Waals surface area contributed by atoms with Crippen LogP contribution in [-0.2, 0) is 4.74 Å². The highest BCUT2D eigenvalue weighted by Gasteiger charge is 2.35. The van der Waals surface area contributed by atoms with E-state index < -0.39 is 0 Å². The van der Waals surface area contributed by atoms with Crippen LogP contribution in [0, 0.1) is 0 Å². The molecule has 1 fully saturated rings. The maximum Gasteiger partial charge on any atom is 0.216 e. The highest BCUT2D eigenvalue weighted by Crippen LogP contribution is 2.34. The number of rotatable bonds is 5. The van der Waals surface area contributed by atoms with E-state index in [1.54, 1.807) is 0 Å². The summed E-state index contributed by atoms with van der Waals surface area (Å²) in [5, 5.41) is 3.73. The number of ether oxygens (including phenoxy) is 1. The lowest BCUT2D eigenvalue weighted by Crippen LogP contribution is -2.58. The molecule has 3 aliphatic heterocycles. The number of guanidine groups is 1. The van der Waals surface area contributed by atoms with Crippen molar-refractivity contribution in [3.8, 4) is 0 Å². The number of nitrogens with zero attached hydrogens (tertiary/aromatic N) is 6. The first-order valence-corrected chi connectivity index (χ1v) is 12.4. The predicted molar refractivity (Wildman–Crippen MR) is 135 cm³/mol. The summed E-state index contributed by atoms with van der Waals surface area (Å²) in [4.78, 5) is 17.1. The Hall–Kier alpha value is -2.94. The number of aromatic nitrogens is 2. The molecule has 6 rings (SSSR count). The second kappa shape index (κ2) is 9.02. The average molecular weight is 460 g/mol.